The number of alkyl halides is 3. The van der Waals surface area contributed by atoms with E-state index in [0.29, 0.717) is 37.4 Å². The molecule has 1 aromatic carbocycles. The fraction of sp³-hybridized carbons (Fsp3) is 0.429. The van der Waals surface area contributed by atoms with Crippen LogP contribution in [0.5, 0.6) is 0 Å². The van der Waals surface area contributed by atoms with Crippen molar-refractivity contribution >= 4 is 17.8 Å². The first-order chi connectivity index (χ1) is 14.8. The van der Waals surface area contributed by atoms with Crippen LogP contribution in [-0.4, -0.2) is 46.8 Å². The van der Waals surface area contributed by atoms with E-state index in [9.17, 15) is 22.8 Å². The van der Waals surface area contributed by atoms with Crippen LogP contribution in [0.2, 0.25) is 0 Å². The summed E-state index contributed by atoms with van der Waals surface area (Å²) in [7, 11) is 1.58. The molecule has 1 aromatic heterocycles. The highest BCUT2D eigenvalue weighted by Crippen LogP contribution is 2.37. The van der Waals surface area contributed by atoms with Crippen LogP contribution in [0.1, 0.15) is 36.4 Å². The van der Waals surface area contributed by atoms with Crippen LogP contribution in [0, 0.1) is 5.92 Å². The maximum absolute atomic E-state index is 12.9. The predicted molar refractivity (Wildman–Crippen MR) is 108 cm³/mol. The molecule has 0 saturated carbocycles. The van der Waals surface area contributed by atoms with Crippen LogP contribution in [0.3, 0.4) is 0 Å². The van der Waals surface area contributed by atoms with Gasteiger partial charge in [0.1, 0.15) is 0 Å². The van der Waals surface area contributed by atoms with Gasteiger partial charge in [-0.2, -0.15) is 13.2 Å². The van der Waals surface area contributed by atoms with Crippen LogP contribution < -0.4 is 10.6 Å². The standard InChI is InChI=1S/C21H24F3N5O2/c1-29-17(30)9-8-16(18(29)14-4-6-15(7-5-14)21(22,23)24)19(31)25-10-2-11-26-20-27-12-3-13-28-20/h3-7,12-13,16,18H,2,8-11H2,1H3,(H,25,31)(H,26,27,28). The molecule has 1 aliphatic rings. The van der Waals surface area contributed by atoms with Crippen LogP contribution in [0.4, 0.5) is 19.1 Å². The van der Waals surface area contributed by atoms with E-state index in [1.54, 1.807) is 25.5 Å². The van der Waals surface area contributed by atoms with Crippen molar-refractivity contribution in [2.24, 2.45) is 5.92 Å². The van der Waals surface area contributed by atoms with Crippen molar-refractivity contribution in [1.29, 1.82) is 0 Å². The van der Waals surface area contributed by atoms with E-state index in [1.165, 1.54) is 17.0 Å². The summed E-state index contributed by atoms with van der Waals surface area (Å²) in [6.07, 6.45) is 0.00694. The minimum absolute atomic E-state index is 0.138. The molecule has 2 amide bonds. The minimum atomic E-state index is -4.44. The first-order valence-corrected chi connectivity index (χ1v) is 9.99. The minimum Gasteiger partial charge on any atom is -0.356 e. The topological polar surface area (TPSA) is 87.2 Å². The number of nitrogens with zero attached hydrogens (tertiary/aromatic N) is 3. The number of benzene rings is 1. The van der Waals surface area contributed by atoms with Crippen molar-refractivity contribution in [3.8, 4) is 0 Å². The third-order valence-corrected chi connectivity index (χ3v) is 5.28. The maximum atomic E-state index is 12.9. The van der Waals surface area contributed by atoms with E-state index in [2.05, 4.69) is 20.6 Å². The Hall–Kier alpha value is -3.17. The number of hydrogen-bond acceptors (Lipinski definition) is 5. The Morgan fingerprint density at radius 3 is 2.48 bits per heavy atom. The highest BCUT2D eigenvalue weighted by Gasteiger charge is 2.39. The fourth-order valence-electron chi connectivity index (χ4n) is 3.66. The molecule has 3 rings (SSSR count). The van der Waals surface area contributed by atoms with E-state index < -0.39 is 23.7 Å². The lowest BCUT2D eigenvalue weighted by Gasteiger charge is -2.38. The molecular weight excluding hydrogens is 411 g/mol. The van der Waals surface area contributed by atoms with E-state index in [1.807, 2.05) is 0 Å². The molecule has 0 aliphatic carbocycles. The number of aromatic nitrogens is 2. The molecule has 1 saturated heterocycles. The zero-order chi connectivity index (χ0) is 22.4. The highest BCUT2D eigenvalue weighted by molar-refractivity contribution is 5.84. The predicted octanol–water partition coefficient (Wildman–Crippen LogP) is 3.02. The second-order valence-corrected chi connectivity index (χ2v) is 7.36. The van der Waals surface area contributed by atoms with Gasteiger partial charge in [-0.15, -0.1) is 0 Å². The molecular formula is C21H24F3N5O2. The summed E-state index contributed by atoms with van der Waals surface area (Å²) in [4.78, 5) is 34.6. The summed E-state index contributed by atoms with van der Waals surface area (Å²) >= 11 is 0. The quantitative estimate of drug-likeness (QED) is 0.653. The van der Waals surface area contributed by atoms with Gasteiger partial charge in [0.15, 0.2) is 0 Å². The molecule has 7 nitrogen and oxygen atoms in total. The van der Waals surface area contributed by atoms with Crippen LogP contribution in [-0.2, 0) is 15.8 Å². The monoisotopic (exact) mass is 435 g/mol. The van der Waals surface area contributed by atoms with Gasteiger partial charge in [-0.1, -0.05) is 12.1 Å². The third kappa shape index (κ3) is 5.71. The molecule has 2 heterocycles. The van der Waals surface area contributed by atoms with Crippen molar-refractivity contribution < 1.29 is 22.8 Å². The molecule has 0 bridgehead atoms. The van der Waals surface area contributed by atoms with Crippen LogP contribution in [0.15, 0.2) is 42.7 Å². The maximum Gasteiger partial charge on any atom is 0.416 e. The Bertz CT molecular complexity index is 890. The number of nitrogens with one attached hydrogen (secondary N) is 2. The van der Waals surface area contributed by atoms with Gasteiger partial charge < -0.3 is 15.5 Å². The van der Waals surface area contributed by atoms with E-state index >= 15 is 0 Å². The van der Waals surface area contributed by atoms with Gasteiger partial charge in [0.05, 0.1) is 17.5 Å². The average molecular weight is 435 g/mol. The second-order valence-electron chi connectivity index (χ2n) is 7.36. The molecule has 2 N–H and O–H groups in total. The second kappa shape index (κ2) is 9.76. The summed E-state index contributed by atoms with van der Waals surface area (Å²) in [5.74, 6) is -0.394. The van der Waals surface area contributed by atoms with Crippen molar-refractivity contribution in [3.05, 3.63) is 53.9 Å². The normalized spacial score (nSPS) is 19.2. The average Bonchev–Trinajstić information content (AvgIpc) is 2.75. The number of rotatable bonds is 7. The number of likely N-dealkylation sites (tertiary alicyclic amines) is 1. The van der Waals surface area contributed by atoms with Crippen molar-refractivity contribution in [1.82, 2.24) is 20.2 Å². The number of amides is 2. The molecule has 0 spiro atoms. The highest BCUT2D eigenvalue weighted by atomic mass is 19.4. The number of piperidine rings is 1. The zero-order valence-electron chi connectivity index (χ0n) is 17.0. The number of anilines is 1. The van der Waals surface area contributed by atoms with Crippen molar-refractivity contribution in [2.45, 2.75) is 31.5 Å². The van der Waals surface area contributed by atoms with Gasteiger partial charge in [0.2, 0.25) is 17.8 Å². The zero-order valence-corrected chi connectivity index (χ0v) is 17.0. The molecule has 10 heteroatoms. The Morgan fingerprint density at radius 2 is 1.84 bits per heavy atom. The summed E-state index contributed by atoms with van der Waals surface area (Å²) in [5.41, 5.74) is -0.261. The van der Waals surface area contributed by atoms with Gasteiger partial charge in [0, 0.05) is 39.0 Å². The van der Waals surface area contributed by atoms with Crippen LogP contribution in [0.25, 0.3) is 0 Å². The summed E-state index contributed by atoms with van der Waals surface area (Å²) in [5, 5.41) is 5.92. The molecule has 1 aliphatic heterocycles. The first-order valence-electron chi connectivity index (χ1n) is 9.99. The molecule has 166 valence electrons. The number of carbonyl (C=O) groups excluding carboxylic acids is 2. The van der Waals surface area contributed by atoms with Crippen molar-refractivity contribution in [2.75, 3.05) is 25.5 Å². The third-order valence-electron chi connectivity index (χ3n) is 5.28. The molecule has 2 atom stereocenters. The van der Waals surface area contributed by atoms with Gasteiger partial charge >= 0.3 is 6.18 Å². The Kier molecular flexibility index (Phi) is 7.09. The number of carbonyl (C=O) groups is 2. The number of halogens is 3. The lowest BCUT2D eigenvalue weighted by atomic mass is 9.83. The van der Waals surface area contributed by atoms with E-state index in [0.717, 1.165) is 12.1 Å². The number of hydrogen-bond donors (Lipinski definition) is 2. The van der Waals surface area contributed by atoms with E-state index in [-0.39, 0.29) is 18.2 Å². The van der Waals surface area contributed by atoms with E-state index in [4.69, 9.17) is 0 Å². The van der Waals surface area contributed by atoms with Gasteiger partial charge in [-0.05, 0) is 36.6 Å². The largest absolute Gasteiger partial charge is 0.416 e. The molecule has 2 aromatic rings. The summed E-state index contributed by atoms with van der Waals surface area (Å²) in [6, 6.07) is 5.74. The summed E-state index contributed by atoms with van der Waals surface area (Å²) < 4.78 is 38.6. The molecule has 31 heavy (non-hydrogen) atoms. The van der Waals surface area contributed by atoms with Gasteiger partial charge in [0.25, 0.3) is 0 Å². The van der Waals surface area contributed by atoms with Gasteiger partial charge in [-0.25, -0.2) is 9.97 Å². The van der Waals surface area contributed by atoms with Crippen molar-refractivity contribution in [3.63, 3.8) is 0 Å². The summed E-state index contributed by atoms with van der Waals surface area (Å²) in [6.45, 7) is 0.974. The molecule has 0 radical (unpaired) electrons. The SMILES string of the molecule is CN1C(=O)CCC(C(=O)NCCCNc2ncccn2)C1c1ccc(C(F)(F)F)cc1. The lowest BCUT2D eigenvalue weighted by Crippen LogP contribution is -2.46. The first kappa shape index (κ1) is 22.5. The molecule has 1 fully saturated rings. The fourth-order valence-corrected chi connectivity index (χ4v) is 3.66. The Labute approximate surface area is 178 Å². The van der Waals surface area contributed by atoms with Crippen LogP contribution >= 0.6 is 0 Å². The Balaban J connectivity index is 1.61. The smallest absolute Gasteiger partial charge is 0.356 e. The Morgan fingerprint density at radius 1 is 1.16 bits per heavy atom. The van der Waals surface area contributed by atoms with Gasteiger partial charge in [-0.3, -0.25) is 9.59 Å². The molecule has 2 unspecified atom stereocenters. The lowest BCUT2D eigenvalue weighted by molar-refractivity contribution is -0.142.